The molecule has 0 fully saturated rings. The lowest BCUT2D eigenvalue weighted by Crippen LogP contribution is -2.44. The zero-order valence-corrected chi connectivity index (χ0v) is 8.65. The van der Waals surface area contributed by atoms with Gasteiger partial charge < -0.3 is 16.2 Å². The fourth-order valence-electron chi connectivity index (χ4n) is 1.06. The highest BCUT2D eigenvalue weighted by molar-refractivity contribution is 5.96. The van der Waals surface area contributed by atoms with E-state index in [-0.39, 0.29) is 18.1 Å². The van der Waals surface area contributed by atoms with Gasteiger partial charge in [-0.05, 0) is 30.6 Å². The highest BCUT2D eigenvalue weighted by atomic mass is 16.6. The highest BCUT2D eigenvalue weighted by Gasteiger charge is 2.24. The van der Waals surface area contributed by atoms with Gasteiger partial charge in [0.25, 0.3) is 5.91 Å². The van der Waals surface area contributed by atoms with Gasteiger partial charge >= 0.3 is 0 Å². The Morgan fingerprint density at radius 1 is 1.60 bits per heavy atom. The fraction of sp³-hybridized carbons (Fsp3) is 0.625. The van der Waals surface area contributed by atoms with Crippen molar-refractivity contribution in [2.45, 2.75) is 25.8 Å². The molecule has 7 nitrogen and oxygen atoms in total. The quantitative estimate of drug-likeness (QED) is 0.625. The van der Waals surface area contributed by atoms with Crippen molar-refractivity contribution in [3.05, 3.63) is 5.69 Å². The number of hydrogen-bond donors (Lipinski definition) is 3. The van der Waals surface area contributed by atoms with Gasteiger partial charge in [-0.1, -0.05) is 0 Å². The normalized spacial score (nSPS) is 11.4. The van der Waals surface area contributed by atoms with Crippen LogP contribution in [0.3, 0.4) is 0 Å². The van der Waals surface area contributed by atoms with E-state index in [1.165, 1.54) is 0 Å². The summed E-state index contributed by atoms with van der Waals surface area (Å²) in [5.41, 5.74) is 4.79. The molecule has 1 aromatic heterocycles. The highest BCUT2D eigenvalue weighted by Crippen LogP contribution is 2.10. The summed E-state index contributed by atoms with van der Waals surface area (Å²) in [7, 11) is 0. The molecule has 1 aromatic rings. The smallest absolute Gasteiger partial charge is 0.277 e. The van der Waals surface area contributed by atoms with Crippen molar-refractivity contribution in [3.8, 4) is 0 Å². The van der Waals surface area contributed by atoms with E-state index in [1.54, 1.807) is 13.8 Å². The van der Waals surface area contributed by atoms with E-state index in [0.29, 0.717) is 6.42 Å². The van der Waals surface area contributed by atoms with Crippen LogP contribution in [0.5, 0.6) is 0 Å². The van der Waals surface area contributed by atoms with Crippen LogP contribution in [0.15, 0.2) is 4.63 Å². The van der Waals surface area contributed by atoms with Gasteiger partial charge in [0.05, 0.1) is 0 Å². The average Bonchev–Trinajstić information content (AvgIpc) is 2.50. The van der Waals surface area contributed by atoms with Gasteiger partial charge in [0.15, 0.2) is 0 Å². The zero-order valence-electron chi connectivity index (χ0n) is 8.65. The number of hydrogen-bond acceptors (Lipinski definition) is 6. The Labute approximate surface area is 86.6 Å². The van der Waals surface area contributed by atoms with Gasteiger partial charge in [0.2, 0.25) is 11.5 Å². The molecule has 0 bridgehead atoms. The maximum absolute atomic E-state index is 11.6. The van der Waals surface area contributed by atoms with E-state index in [0.717, 1.165) is 0 Å². The topological polar surface area (TPSA) is 114 Å². The average molecular weight is 214 g/mol. The zero-order chi connectivity index (χ0) is 11.5. The first-order valence-corrected chi connectivity index (χ1v) is 4.47. The molecule has 0 aliphatic carbocycles. The Balaban J connectivity index is 2.68. The van der Waals surface area contributed by atoms with E-state index >= 15 is 0 Å². The number of amides is 1. The minimum atomic E-state index is -0.531. The first-order chi connectivity index (χ1) is 6.96. The minimum Gasteiger partial charge on any atom is -0.396 e. The molecule has 0 aliphatic heterocycles. The second-order valence-corrected chi connectivity index (χ2v) is 3.81. The van der Waals surface area contributed by atoms with Gasteiger partial charge in [0.1, 0.15) is 0 Å². The lowest BCUT2D eigenvalue weighted by Gasteiger charge is -2.24. The maximum Gasteiger partial charge on any atom is 0.277 e. The number of aromatic nitrogens is 2. The standard InChI is InChI=1S/C8H14N4O3/c1-8(2,3-4-13)10-7(14)5-6(9)12-15-11-5/h13H,3-4H2,1-2H3,(H2,9,12)(H,10,14). The SMILES string of the molecule is CC(C)(CCO)NC(=O)c1nonc1N. The fourth-order valence-corrected chi connectivity index (χ4v) is 1.06. The molecule has 0 saturated heterocycles. The molecule has 0 aliphatic rings. The molecule has 0 radical (unpaired) electrons. The summed E-state index contributed by atoms with van der Waals surface area (Å²) >= 11 is 0. The van der Waals surface area contributed by atoms with Gasteiger partial charge in [-0.15, -0.1) is 0 Å². The molecule has 0 aromatic carbocycles. The number of nitrogen functional groups attached to an aromatic ring is 1. The molecule has 1 rings (SSSR count). The summed E-state index contributed by atoms with van der Waals surface area (Å²) in [4.78, 5) is 11.6. The van der Waals surface area contributed by atoms with E-state index in [2.05, 4.69) is 20.3 Å². The van der Waals surface area contributed by atoms with Gasteiger partial charge in [0, 0.05) is 12.1 Å². The van der Waals surface area contributed by atoms with Gasteiger partial charge in [-0.3, -0.25) is 4.79 Å². The molecule has 4 N–H and O–H groups in total. The minimum absolute atomic E-state index is 0.0141. The third-order valence-electron chi connectivity index (χ3n) is 1.92. The first-order valence-electron chi connectivity index (χ1n) is 4.47. The molecule has 0 spiro atoms. The number of nitrogens with two attached hydrogens (primary N) is 1. The van der Waals surface area contributed by atoms with Crippen molar-refractivity contribution >= 4 is 11.7 Å². The summed E-state index contributed by atoms with van der Waals surface area (Å²) < 4.78 is 4.31. The van der Waals surface area contributed by atoms with Crippen molar-refractivity contribution in [3.63, 3.8) is 0 Å². The number of rotatable bonds is 4. The number of nitrogens with one attached hydrogen (secondary N) is 1. The largest absolute Gasteiger partial charge is 0.396 e. The van der Waals surface area contributed by atoms with Crippen LogP contribution in [0, 0.1) is 0 Å². The van der Waals surface area contributed by atoms with Crippen LogP contribution in [0.25, 0.3) is 0 Å². The summed E-state index contributed by atoms with van der Waals surface area (Å²) in [5, 5.41) is 18.1. The Bertz CT molecular complexity index is 347. The molecule has 7 heteroatoms. The number of aliphatic hydroxyl groups is 1. The number of nitrogens with zero attached hydrogens (tertiary/aromatic N) is 2. The molecule has 0 saturated carbocycles. The Morgan fingerprint density at radius 3 is 2.73 bits per heavy atom. The van der Waals surface area contributed by atoms with Crippen LogP contribution in [0.2, 0.25) is 0 Å². The number of anilines is 1. The molecule has 0 atom stereocenters. The van der Waals surface area contributed by atoms with Crippen LogP contribution in [-0.4, -0.2) is 33.5 Å². The Morgan fingerprint density at radius 2 is 2.27 bits per heavy atom. The predicted octanol–water partition coefficient (Wildman–Crippen LogP) is -0.457. The third kappa shape index (κ3) is 2.91. The summed E-state index contributed by atoms with van der Waals surface area (Å²) in [6, 6.07) is 0. The van der Waals surface area contributed by atoms with E-state index in [4.69, 9.17) is 10.8 Å². The van der Waals surface area contributed by atoms with Crippen LogP contribution in [-0.2, 0) is 0 Å². The van der Waals surface area contributed by atoms with Crippen LogP contribution in [0.4, 0.5) is 5.82 Å². The first kappa shape index (κ1) is 11.4. The molecule has 1 amide bonds. The summed E-state index contributed by atoms with van der Waals surface area (Å²) in [5.74, 6) is -0.514. The molecule has 84 valence electrons. The van der Waals surface area contributed by atoms with Crippen molar-refractivity contribution in [2.75, 3.05) is 12.3 Å². The lowest BCUT2D eigenvalue weighted by atomic mass is 10.0. The van der Waals surface area contributed by atoms with Crippen LogP contribution >= 0.6 is 0 Å². The van der Waals surface area contributed by atoms with Crippen molar-refractivity contribution in [1.29, 1.82) is 0 Å². The molecule has 0 unspecified atom stereocenters. The second-order valence-electron chi connectivity index (χ2n) is 3.81. The predicted molar refractivity (Wildman–Crippen MR) is 52.0 cm³/mol. The Kier molecular flexibility index (Phi) is 3.25. The molecular formula is C8H14N4O3. The number of aliphatic hydroxyl groups excluding tert-OH is 1. The number of carbonyl (C=O) groups is 1. The van der Waals surface area contributed by atoms with Crippen molar-refractivity contribution in [1.82, 2.24) is 15.6 Å². The second kappa shape index (κ2) is 4.26. The van der Waals surface area contributed by atoms with Crippen molar-refractivity contribution in [2.24, 2.45) is 0 Å². The Hall–Kier alpha value is -1.63. The van der Waals surface area contributed by atoms with E-state index in [9.17, 15) is 4.79 Å². The lowest BCUT2D eigenvalue weighted by molar-refractivity contribution is 0.0890. The summed E-state index contributed by atoms with van der Waals surface area (Å²) in [6.45, 7) is 3.55. The van der Waals surface area contributed by atoms with Crippen molar-refractivity contribution < 1.29 is 14.5 Å². The molecule has 15 heavy (non-hydrogen) atoms. The molecular weight excluding hydrogens is 200 g/mol. The maximum atomic E-state index is 11.6. The number of carbonyl (C=O) groups excluding carboxylic acids is 1. The summed E-state index contributed by atoms with van der Waals surface area (Å²) in [6.07, 6.45) is 0.434. The van der Waals surface area contributed by atoms with E-state index in [1.807, 2.05) is 0 Å². The van der Waals surface area contributed by atoms with Crippen LogP contribution < -0.4 is 11.1 Å². The molecule has 1 heterocycles. The van der Waals surface area contributed by atoms with Crippen LogP contribution in [0.1, 0.15) is 30.8 Å². The van der Waals surface area contributed by atoms with E-state index < -0.39 is 11.4 Å². The van der Waals surface area contributed by atoms with Gasteiger partial charge in [-0.25, -0.2) is 4.63 Å². The van der Waals surface area contributed by atoms with Gasteiger partial charge in [-0.2, -0.15) is 0 Å². The monoisotopic (exact) mass is 214 g/mol. The third-order valence-corrected chi connectivity index (χ3v) is 1.92.